The van der Waals surface area contributed by atoms with E-state index in [4.69, 9.17) is 0 Å². The summed E-state index contributed by atoms with van der Waals surface area (Å²) in [4.78, 5) is 0. The summed E-state index contributed by atoms with van der Waals surface area (Å²) < 4.78 is 0. The third-order valence-electron chi connectivity index (χ3n) is 3.60. The Hall–Kier alpha value is -0.120. The first-order chi connectivity index (χ1) is 7.22. The van der Waals surface area contributed by atoms with Crippen LogP contribution in [-0.2, 0) is 0 Å². The van der Waals surface area contributed by atoms with E-state index in [2.05, 4.69) is 5.32 Å². The first-order valence-electron chi connectivity index (χ1n) is 6.22. The van der Waals surface area contributed by atoms with Crippen LogP contribution in [0.1, 0.15) is 45.4 Å². The van der Waals surface area contributed by atoms with Gasteiger partial charge in [0.2, 0.25) is 0 Å². The molecule has 0 aliphatic heterocycles. The summed E-state index contributed by atoms with van der Waals surface area (Å²) in [7, 11) is 0. The first-order valence-corrected chi connectivity index (χ1v) is 6.22. The van der Waals surface area contributed by atoms with Crippen molar-refractivity contribution in [2.45, 2.75) is 51.6 Å². The minimum atomic E-state index is -0.246. The monoisotopic (exact) mass is 215 g/mol. The molecule has 3 nitrogen and oxygen atoms in total. The van der Waals surface area contributed by atoms with Gasteiger partial charge in [-0.1, -0.05) is 26.2 Å². The quantitative estimate of drug-likeness (QED) is 0.626. The van der Waals surface area contributed by atoms with Gasteiger partial charge in [-0.2, -0.15) is 0 Å². The Balaban J connectivity index is 2.26. The van der Waals surface area contributed by atoms with Crippen LogP contribution in [0.15, 0.2) is 0 Å². The van der Waals surface area contributed by atoms with E-state index in [0.717, 1.165) is 25.8 Å². The molecule has 0 spiro atoms. The summed E-state index contributed by atoms with van der Waals surface area (Å²) in [6, 6.07) is 0. The molecule has 0 radical (unpaired) electrons. The molecular weight excluding hydrogens is 190 g/mol. The van der Waals surface area contributed by atoms with E-state index in [9.17, 15) is 10.2 Å². The van der Waals surface area contributed by atoms with Crippen molar-refractivity contribution >= 4 is 0 Å². The van der Waals surface area contributed by atoms with Gasteiger partial charge in [0, 0.05) is 25.1 Å². The van der Waals surface area contributed by atoms with Gasteiger partial charge < -0.3 is 15.5 Å². The van der Waals surface area contributed by atoms with Gasteiger partial charge in [0.25, 0.3) is 0 Å². The summed E-state index contributed by atoms with van der Waals surface area (Å²) in [5.74, 6) is 0. The molecule has 0 aromatic carbocycles. The van der Waals surface area contributed by atoms with Crippen molar-refractivity contribution in [1.29, 1.82) is 0 Å². The third kappa shape index (κ3) is 4.09. The first kappa shape index (κ1) is 12.9. The highest BCUT2D eigenvalue weighted by molar-refractivity contribution is 4.84. The molecule has 0 amide bonds. The number of hydrogen-bond acceptors (Lipinski definition) is 3. The summed E-state index contributed by atoms with van der Waals surface area (Å²) in [6.07, 6.45) is 6.57. The molecule has 0 bridgehead atoms. The molecule has 1 unspecified atom stereocenters. The summed E-state index contributed by atoms with van der Waals surface area (Å²) in [5.41, 5.74) is 0.0890. The second kappa shape index (κ2) is 6.46. The fraction of sp³-hybridized carbons (Fsp3) is 1.00. The summed E-state index contributed by atoms with van der Waals surface area (Å²) >= 11 is 0. The van der Waals surface area contributed by atoms with Crippen LogP contribution in [0.25, 0.3) is 0 Å². The van der Waals surface area contributed by atoms with E-state index in [1.165, 1.54) is 19.3 Å². The predicted molar refractivity (Wildman–Crippen MR) is 61.8 cm³/mol. The maximum absolute atomic E-state index is 9.46. The molecule has 90 valence electrons. The van der Waals surface area contributed by atoms with Gasteiger partial charge in [0.05, 0.1) is 6.10 Å². The molecule has 3 heteroatoms. The third-order valence-corrected chi connectivity index (χ3v) is 3.60. The van der Waals surface area contributed by atoms with E-state index < -0.39 is 0 Å². The lowest BCUT2D eigenvalue weighted by atomic mass is 9.74. The van der Waals surface area contributed by atoms with Crippen LogP contribution in [0.3, 0.4) is 0 Å². The van der Waals surface area contributed by atoms with Crippen LogP contribution < -0.4 is 5.32 Å². The zero-order chi connectivity index (χ0) is 11.1. The number of hydrogen-bond donors (Lipinski definition) is 3. The van der Waals surface area contributed by atoms with Crippen LogP contribution >= 0.6 is 0 Å². The highest BCUT2D eigenvalue weighted by Crippen LogP contribution is 2.35. The van der Waals surface area contributed by atoms with Crippen LogP contribution in [0, 0.1) is 5.41 Å². The maximum Gasteiger partial charge on any atom is 0.0662 e. The van der Waals surface area contributed by atoms with Gasteiger partial charge >= 0.3 is 0 Å². The van der Waals surface area contributed by atoms with E-state index in [-0.39, 0.29) is 18.1 Å². The Morgan fingerprint density at radius 3 is 2.47 bits per heavy atom. The molecule has 0 aromatic rings. The second-order valence-electron chi connectivity index (χ2n) is 4.91. The molecule has 1 rings (SSSR count). The van der Waals surface area contributed by atoms with Crippen LogP contribution in [0.4, 0.5) is 0 Å². The minimum absolute atomic E-state index is 0.0890. The van der Waals surface area contributed by atoms with Gasteiger partial charge in [0.15, 0.2) is 0 Å². The Morgan fingerprint density at radius 1 is 1.27 bits per heavy atom. The molecular formula is C12H25NO2. The maximum atomic E-state index is 9.46. The largest absolute Gasteiger partial charge is 0.396 e. The van der Waals surface area contributed by atoms with Crippen molar-refractivity contribution in [2.75, 3.05) is 19.7 Å². The van der Waals surface area contributed by atoms with Crippen LogP contribution in [0.5, 0.6) is 0 Å². The van der Waals surface area contributed by atoms with Crippen LogP contribution in [-0.4, -0.2) is 36.0 Å². The molecule has 1 aliphatic carbocycles. The fourth-order valence-corrected chi connectivity index (χ4v) is 2.34. The Labute approximate surface area is 92.9 Å². The Bertz CT molecular complexity index is 167. The molecule has 3 N–H and O–H groups in total. The standard InChI is InChI=1S/C12H25NO2/c1-2-11(15)8-13-9-12(10-14)6-4-3-5-7-12/h11,13-15H,2-10H2,1H3. The summed E-state index contributed by atoms with van der Waals surface area (Å²) in [6.45, 7) is 3.76. The molecule has 1 atom stereocenters. The minimum Gasteiger partial charge on any atom is -0.396 e. The van der Waals surface area contributed by atoms with Gasteiger partial charge in [-0.3, -0.25) is 0 Å². The summed E-state index contributed by atoms with van der Waals surface area (Å²) in [5, 5.41) is 22.2. The molecule has 0 saturated heterocycles. The lowest BCUT2D eigenvalue weighted by Crippen LogP contribution is -2.41. The molecule has 1 aliphatic rings. The van der Waals surface area contributed by atoms with Gasteiger partial charge in [-0.05, 0) is 19.3 Å². The van der Waals surface area contributed by atoms with E-state index in [1.807, 2.05) is 6.92 Å². The lowest BCUT2D eigenvalue weighted by Gasteiger charge is -2.36. The van der Waals surface area contributed by atoms with Gasteiger partial charge in [-0.25, -0.2) is 0 Å². The SMILES string of the molecule is CCC(O)CNCC1(CO)CCCCC1. The van der Waals surface area contributed by atoms with E-state index >= 15 is 0 Å². The lowest BCUT2D eigenvalue weighted by molar-refractivity contribution is 0.0754. The predicted octanol–water partition coefficient (Wildman–Crippen LogP) is 1.29. The number of aliphatic hydroxyl groups excluding tert-OH is 2. The number of rotatable bonds is 6. The van der Waals surface area contributed by atoms with Crippen molar-refractivity contribution in [1.82, 2.24) is 5.32 Å². The smallest absolute Gasteiger partial charge is 0.0662 e. The van der Waals surface area contributed by atoms with Crippen molar-refractivity contribution < 1.29 is 10.2 Å². The highest BCUT2D eigenvalue weighted by atomic mass is 16.3. The zero-order valence-corrected chi connectivity index (χ0v) is 9.84. The average Bonchev–Trinajstić information content (AvgIpc) is 2.30. The molecule has 0 heterocycles. The molecule has 1 fully saturated rings. The van der Waals surface area contributed by atoms with E-state index in [0.29, 0.717) is 6.54 Å². The van der Waals surface area contributed by atoms with Crippen molar-refractivity contribution in [3.8, 4) is 0 Å². The Kier molecular flexibility index (Phi) is 5.58. The topological polar surface area (TPSA) is 52.5 Å². The molecule has 15 heavy (non-hydrogen) atoms. The number of nitrogens with one attached hydrogen (secondary N) is 1. The molecule has 0 aromatic heterocycles. The van der Waals surface area contributed by atoms with Crippen molar-refractivity contribution in [2.24, 2.45) is 5.41 Å². The Morgan fingerprint density at radius 2 is 1.93 bits per heavy atom. The highest BCUT2D eigenvalue weighted by Gasteiger charge is 2.30. The average molecular weight is 215 g/mol. The normalized spacial score (nSPS) is 22.6. The second-order valence-corrected chi connectivity index (χ2v) is 4.91. The molecule has 1 saturated carbocycles. The number of aliphatic hydroxyl groups is 2. The fourth-order valence-electron chi connectivity index (χ4n) is 2.34. The van der Waals surface area contributed by atoms with Gasteiger partial charge in [-0.15, -0.1) is 0 Å². The van der Waals surface area contributed by atoms with E-state index in [1.54, 1.807) is 0 Å². The van der Waals surface area contributed by atoms with Crippen LogP contribution in [0.2, 0.25) is 0 Å². The van der Waals surface area contributed by atoms with Crippen molar-refractivity contribution in [3.63, 3.8) is 0 Å². The van der Waals surface area contributed by atoms with Crippen molar-refractivity contribution in [3.05, 3.63) is 0 Å². The zero-order valence-electron chi connectivity index (χ0n) is 9.84. The van der Waals surface area contributed by atoms with Gasteiger partial charge in [0.1, 0.15) is 0 Å².